The normalized spacial score (nSPS) is 18.2. The fourth-order valence-corrected chi connectivity index (χ4v) is 2.52. The van der Waals surface area contributed by atoms with Crippen LogP contribution in [0.3, 0.4) is 0 Å². The summed E-state index contributed by atoms with van der Waals surface area (Å²) < 4.78 is 13.8. The van der Waals surface area contributed by atoms with Gasteiger partial charge in [-0.1, -0.05) is 18.9 Å². The second-order valence-electron chi connectivity index (χ2n) is 3.95. The molecule has 0 saturated heterocycles. The van der Waals surface area contributed by atoms with Crippen molar-refractivity contribution in [2.24, 2.45) is 11.7 Å². The maximum atomic E-state index is 12.8. The molecule has 0 unspecified atom stereocenters. The number of benzene rings is 1. The van der Waals surface area contributed by atoms with Crippen molar-refractivity contribution in [3.8, 4) is 0 Å². The third kappa shape index (κ3) is 2.45. The predicted octanol–water partition coefficient (Wildman–Crippen LogP) is 3.23. The second kappa shape index (κ2) is 4.14. The molecule has 1 aromatic carbocycles. The van der Waals surface area contributed by atoms with Crippen LogP contribution in [0.15, 0.2) is 18.2 Å². The molecule has 1 atom stereocenters. The minimum absolute atomic E-state index is 0.0787. The number of halogens is 2. The van der Waals surface area contributed by atoms with Crippen LogP contribution in [0.1, 0.15) is 30.9 Å². The van der Waals surface area contributed by atoms with Gasteiger partial charge in [-0.2, -0.15) is 0 Å². The summed E-state index contributed by atoms with van der Waals surface area (Å²) >= 11 is 2.15. The lowest BCUT2D eigenvalue weighted by Gasteiger charge is -2.13. The highest BCUT2D eigenvalue weighted by Crippen LogP contribution is 2.37. The summed E-state index contributed by atoms with van der Waals surface area (Å²) in [5.41, 5.74) is 7.14. The van der Waals surface area contributed by atoms with Crippen LogP contribution in [0.2, 0.25) is 0 Å². The molecule has 1 aliphatic rings. The van der Waals surface area contributed by atoms with E-state index >= 15 is 0 Å². The highest BCUT2D eigenvalue weighted by Gasteiger charge is 2.25. The lowest BCUT2D eigenvalue weighted by Crippen LogP contribution is -2.12. The second-order valence-corrected chi connectivity index (χ2v) is 5.11. The topological polar surface area (TPSA) is 26.0 Å². The fourth-order valence-electron chi connectivity index (χ4n) is 1.64. The summed E-state index contributed by atoms with van der Waals surface area (Å²) in [4.78, 5) is 0. The smallest absolute Gasteiger partial charge is 0.124 e. The Bertz CT molecular complexity index is 336. The molecule has 3 heteroatoms. The number of rotatable bonds is 3. The molecular formula is C11H13FIN. The molecule has 2 rings (SSSR count). The van der Waals surface area contributed by atoms with Gasteiger partial charge in [-0.05, 0) is 52.6 Å². The summed E-state index contributed by atoms with van der Waals surface area (Å²) in [6.45, 7) is 0. The van der Waals surface area contributed by atoms with Gasteiger partial charge in [0.05, 0.1) is 0 Å². The van der Waals surface area contributed by atoms with Gasteiger partial charge in [0.25, 0.3) is 0 Å². The van der Waals surface area contributed by atoms with Crippen LogP contribution in [0.4, 0.5) is 4.39 Å². The Morgan fingerprint density at radius 2 is 2.21 bits per heavy atom. The summed E-state index contributed by atoms with van der Waals surface area (Å²) in [6, 6.07) is 4.92. The number of hydrogen-bond donors (Lipinski definition) is 1. The van der Waals surface area contributed by atoms with Gasteiger partial charge < -0.3 is 5.73 Å². The van der Waals surface area contributed by atoms with Gasteiger partial charge in [0.2, 0.25) is 0 Å². The van der Waals surface area contributed by atoms with E-state index in [4.69, 9.17) is 5.73 Å². The van der Waals surface area contributed by atoms with Gasteiger partial charge in [0.1, 0.15) is 5.82 Å². The number of nitrogens with two attached hydrogens (primary N) is 1. The molecule has 1 aliphatic carbocycles. The molecule has 0 bridgehead atoms. The van der Waals surface area contributed by atoms with Crippen molar-refractivity contribution in [1.29, 1.82) is 0 Å². The van der Waals surface area contributed by atoms with E-state index in [0.717, 1.165) is 21.5 Å². The van der Waals surface area contributed by atoms with E-state index in [0.29, 0.717) is 0 Å². The van der Waals surface area contributed by atoms with Crippen molar-refractivity contribution in [3.05, 3.63) is 33.1 Å². The van der Waals surface area contributed by atoms with Gasteiger partial charge in [0, 0.05) is 9.61 Å². The zero-order valence-corrected chi connectivity index (χ0v) is 10.00. The molecule has 0 heterocycles. The van der Waals surface area contributed by atoms with Crippen molar-refractivity contribution in [1.82, 2.24) is 0 Å². The van der Waals surface area contributed by atoms with Gasteiger partial charge in [-0.25, -0.2) is 4.39 Å². The van der Waals surface area contributed by atoms with E-state index in [-0.39, 0.29) is 11.9 Å². The molecular weight excluding hydrogens is 292 g/mol. The zero-order valence-electron chi connectivity index (χ0n) is 7.84. The zero-order chi connectivity index (χ0) is 10.1. The molecule has 1 saturated carbocycles. The maximum absolute atomic E-state index is 12.8. The highest BCUT2D eigenvalue weighted by molar-refractivity contribution is 14.1. The lowest BCUT2D eigenvalue weighted by molar-refractivity contribution is 0.588. The third-order valence-electron chi connectivity index (χ3n) is 2.65. The average molecular weight is 305 g/mol. The van der Waals surface area contributed by atoms with E-state index in [2.05, 4.69) is 22.6 Å². The van der Waals surface area contributed by atoms with E-state index in [1.165, 1.54) is 18.9 Å². The van der Waals surface area contributed by atoms with Gasteiger partial charge in [-0.15, -0.1) is 0 Å². The van der Waals surface area contributed by atoms with Crippen LogP contribution in [0, 0.1) is 15.3 Å². The van der Waals surface area contributed by atoms with Gasteiger partial charge in [-0.3, -0.25) is 0 Å². The quantitative estimate of drug-likeness (QED) is 0.853. The fraction of sp³-hybridized carbons (Fsp3) is 0.455. The Hall–Kier alpha value is -0.160. The Morgan fingerprint density at radius 3 is 2.79 bits per heavy atom. The van der Waals surface area contributed by atoms with E-state index < -0.39 is 0 Å². The van der Waals surface area contributed by atoms with E-state index in [9.17, 15) is 4.39 Å². The van der Waals surface area contributed by atoms with Crippen LogP contribution in [-0.4, -0.2) is 0 Å². The van der Waals surface area contributed by atoms with Gasteiger partial charge >= 0.3 is 0 Å². The molecule has 0 aliphatic heterocycles. The molecule has 0 aromatic heterocycles. The molecule has 14 heavy (non-hydrogen) atoms. The number of hydrogen-bond acceptors (Lipinski definition) is 1. The summed E-state index contributed by atoms with van der Waals surface area (Å²) in [5, 5.41) is 0. The molecule has 0 radical (unpaired) electrons. The molecule has 1 aromatic rings. The predicted molar refractivity (Wildman–Crippen MR) is 63.4 cm³/mol. The largest absolute Gasteiger partial charge is 0.324 e. The van der Waals surface area contributed by atoms with Crippen LogP contribution >= 0.6 is 22.6 Å². The molecule has 1 fully saturated rings. The molecule has 2 N–H and O–H groups in total. The minimum atomic E-state index is -0.184. The summed E-state index contributed by atoms with van der Waals surface area (Å²) in [5.74, 6) is 0.627. The highest BCUT2D eigenvalue weighted by atomic mass is 127. The van der Waals surface area contributed by atoms with Gasteiger partial charge in [0.15, 0.2) is 0 Å². The monoisotopic (exact) mass is 305 g/mol. The first-order chi connectivity index (χ1) is 6.66. The molecule has 0 amide bonds. The Kier molecular flexibility index (Phi) is 3.07. The SMILES string of the molecule is N[C@H](CC1CC1)c1ccc(F)cc1I. The summed E-state index contributed by atoms with van der Waals surface area (Å²) in [7, 11) is 0. The Morgan fingerprint density at radius 1 is 1.50 bits per heavy atom. The molecule has 76 valence electrons. The minimum Gasteiger partial charge on any atom is -0.324 e. The summed E-state index contributed by atoms with van der Waals surface area (Å²) in [6.07, 6.45) is 3.67. The maximum Gasteiger partial charge on any atom is 0.124 e. The van der Waals surface area contributed by atoms with Crippen molar-refractivity contribution in [3.63, 3.8) is 0 Å². The first-order valence-electron chi connectivity index (χ1n) is 4.87. The standard InChI is InChI=1S/C11H13FIN/c12-8-3-4-9(10(13)6-8)11(14)5-7-1-2-7/h3-4,6-7,11H,1-2,5,14H2/t11-/m1/s1. The van der Waals surface area contributed by atoms with Crippen LogP contribution in [0.25, 0.3) is 0 Å². The van der Waals surface area contributed by atoms with E-state index in [1.807, 2.05) is 6.07 Å². The average Bonchev–Trinajstić information content (AvgIpc) is 2.87. The molecule has 1 nitrogen and oxygen atoms in total. The van der Waals surface area contributed by atoms with Crippen molar-refractivity contribution in [2.45, 2.75) is 25.3 Å². The Balaban J connectivity index is 2.13. The molecule has 0 spiro atoms. The van der Waals surface area contributed by atoms with Crippen molar-refractivity contribution < 1.29 is 4.39 Å². The van der Waals surface area contributed by atoms with Crippen molar-refractivity contribution >= 4 is 22.6 Å². The first kappa shape index (κ1) is 10.4. The van der Waals surface area contributed by atoms with Crippen molar-refractivity contribution in [2.75, 3.05) is 0 Å². The van der Waals surface area contributed by atoms with Crippen LogP contribution < -0.4 is 5.73 Å². The van der Waals surface area contributed by atoms with Crippen LogP contribution in [0.5, 0.6) is 0 Å². The Labute approximate surface area is 97.0 Å². The van der Waals surface area contributed by atoms with Crippen LogP contribution in [-0.2, 0) is 0 Å². The third-order valence-corrected chi connectivity index (χ3v) is 3.58. The van der Waals surface area contributed by atoms with E-state index in [1.54, 1.807) is 6.07 Å². The lowest BCUT2D eigenvalue weighted by atomic mass is 10.0. The first-order valence-corrected chi connectivity index (χ1v) is 5.95.